The number of carbonyl (C=O) groups is 2. The average Bonchev–Trinajstić information content (AvgIpc) is 2.96. The fourth-order valence-corrected chi connectivity index (χ4v) is 4.31. The van der Waals surface area contributed by atoms with Crippen LogP contribution in [0.5, 0.6) is 0 Å². The Labute approximate surface area is 199 Å². The fraction of sp³-hybridized carbons (Fsp3) is 0.600. The number of amides is 1. The van der Waals surface area contributed by atoms with Crippen molar-refractivity contribution in [2.45, 2.75) is 82.8 Å². The van der Waals surface area contributed by atoms with Gasteiger partial charge < -0.3 is 15.1 Å². The third-order valence-corrected chi connectivity index (χ3v) is 6.34. The van der Waals surface area contributed by atoms with E-state index in [4.69, 9.17) is 16.7 Å². The molecule has 0 bridgehead atoms. The lowest BCUT2D eigenvalue weighted by Crippen LogP contribution is -2.36. The van der Waals surface area contributed by atoms with Gasteiger partial charge in [-0.2, -0.15) is 8.78 Å². The van der Waals surface area contributed by atoms with Crippen LogP contribution in [0.4, 0.5) is 8.78 Å². The number of carboxylic acids is 1. The summed E-state index contributed by atoms with van der Waals surface area (Å²) in [7, 11) is 0. The highest BCUT2D eigenvalue weighted by molar-refractivity contribution is 6.30. The molecule has 1 aromatic carbocycles. The number of nitrogens with zero attached hydrogens (tertiary/aromatic N) is 1. The number of aliphatic hydroxyl groups is 1. The molecule has 1 amide bonds. The Morgan fingerprint density at radius 1 is 1.27 bits per heavy atom. The van der Waals surface area contributed by atoms with Crippen LogP contribution in [-0.2, 0) is 16.0 Å². The van der Waals surface area contributed by atoms with Crippen molar-refractivity contribution in [3.63, 3.8) is 0 Å². The largest absolute Gasteiger partial charge is 0.481 e. The molecule has 184 valence electrons. The van der Waals surface area contributed by atoms with Crippen molar-refractivity contribution in [3.05, 3.63) is 47.0 Å². The summed E-state index contributed by atoms with van der Waals surface area (Å²) in [6.07, 6.45) is 6.65. The van der Waals surface area contributed by atoms with Gasteiger partial charge in [0.15, 0.2) is 0 Å². The Balaban J connectivity index is 1.82. The molecule has 1 aliphatic rings. The van der Waals surface area contributed by atoms with Crippen molar-refractivity contribution in [1.29, 1.82) is 0 Å². The van der Waals surface area contributed by atoms with E-state index < -0.39 is 36.4 Å². The maximum Gasteiger partial charge on any atom is 0.327 e. The first kappa shape index (κ1) is 27.3. The quantitative estimate of drug-likeness (QED) is 0.270. The number of benzene rings is 1. The van der Waals surface area contributed by atoms with Crippen molar-refractivity contribution in [1.82, 2.24) is 4.90 Å². The van der Waals surface area contributed by atoms with Crippen molar-refractivity contribution < 1.29 is 28.6 Å². The molecule has 2 rings (SSSR count). The smallest absolute Gasteiger partial charge is 0.327 e. The first-order chi connectivity index (χ1) is 15.6. The molecule has 0 radical (unpaired) electrons. The molecular formula is C25H34ClF2NO4. The summed E-state index contributed by atoms with van der Waals surface area (Å²) >= 11 is 6.00. The number of aryl methyl sites for hydroxylation is 1. The predicted octanol–water partition coefficient (Wildman–Crippen LogP) is 5.49. The number of carbonyl (C=O) groups excluding carboxylic acids is 1. The van der Waals surface area contributed by atoms with Gasteiger partial charge in [0, 0.05) is 24.4 Å². The third-order valence-electron chi connectivity index (χ3n) is 6.11. The zero-order chi connectivity index (χ0) is 24.4. The SMILES string of the molecule is C[C@@H](CCCc1cccc(Cl)c1)[C@H](O)C=C[C@H]1CC(F)(F)C(=O)N1CCCCCCC(=O)O. The molecule has 0 aliphatic carbocycles. The Kier molecular flexibility index (Phi) is 10.8. The van der Waals surface area contributed by atoms with Gasteiger partial charge in [-0.05, 0) is 55.7 Å². The number of likely N-dealkylation sites (tertiary alicyclic amines) is 1. The molecule has 2 N–H and O–H groups in total. The van der Waals surface area contributed by atoms with Crippen molar-refractivity contribution in [3.8, 4) is 0 Å². The second-order valence-corrected chi connectivity index (χ2v) is 9.34. The monoisotopic (exact) mass is 485 g/mol. The van der Waals surface area contributed by atoms with E-state index in [1.807, 2.05) is 31.2 Å². The number of halogens is 3. The third kappa shape index (κ3) is 9.05. The van der Waals surface area contributed by atoms with E-state index in [-0.39, 0.29) is 18.9 Å². The lowest BCUT2D eigenvalue weighted by molar-refractivity contribution is -0.148. The minimum absolute atomic E-state index is 0.0549. The topological polar surface area (TPSA) is 77.8 Å². The highest BCUT2D eigenvalue weighted by Gasteiger charge is 2.52. The summed E-state index contributed by atoms with van der Waals surface area (Å²) in [4.78, 5) is 23.8. The lowest BCUT2D eigenvalue weighted by Gasteiger charge is -2.22. The zero-order valence-electron chi connectivity index (χ0n) is 19.1. The number of alkyl halides is 2. The van der Waals surface area contributed by atoms with Gasteiger partial charge in [0.25, 0.3) is 5.91 Å². The van der Waals surface area contributed by atoms with E-state index in [0.717, 1.165) is 24.8 Å². The molecule has 1 aromatic rings. The van der Waals surface area contributed by atoms with Crippen LogP contribution in [0.15, 0.2) is 36.4 Å². The number of aliphatic carboxylic acids is 1. The number of carboxylic acid groups (broad SMARTS) is 1. The Morgan fingerprint density at radius 3 is 2.70 bits per heavy atom. The Morgan fingerprint density at radius 2 is 2.00 bits per heavy atom. The number of hydrogen-bond donors (Lipinski definition) is 2. The van der Waals surface area contributed by atoms with E-state index in [1.165, 1.54) is 17.1 Å². The van der Waals surface area contributed by atoms with Gasteiger partial charge in [-0.3, -0.25) is 9.59 Å². The predicted molar refractivity (Wildman–Crippen MR) is 124 cm³/mol. The molecule has 0 saturated carbocycles. The lowest BCUT2D eigenvalue weighted by atomic mass is 9.95. The normalized spacial score (nSPS) is 19.8. The number of rotatable bonds is 14. The van der Waals surface area contributed by atoms with Crippen LogP contribution in [0.25, 0.3) is 0 Å². The van der Waals surface area contributed by atoms with Gasteiger partial charge in [0.1, 0.15) is 0 Å². The summed E-state index contributed by atoms with van der Waals surface area (Å²) in [5.74, 6) is -5.48. The second-order valence-electron chi connectivity index (χ2n) is 8.91. The van der Waals surface area contributed by atoms with Crippen LogP contribution >= 0.6 is 11.6 Å². The van der Waals surface area contributed by atoms with Crippen LogP contribution in [0.3, 0.4) is 0 Å². The van der Waals surface area contributed by atoms with E-state index in [0.29, 0.717) is 30.7 Å². The Hall–Kier alpha value is -1.99. The van der Waals surface area contributed by atoms with Gasteiger partial charge in [-0.25, -0.2) is 0 Å². The Bertz CT molecular complexity index is 817. The van der Waals surface area contributed by atoms with Crippen molar-refractivity contribution in [2.75, 3.05) is 6.54 Å². The van der Waals surface area contributed by atoms with Gasteiger partial charge in [0.2, 0.25) is 0 Å². The summed E-state index contributed by atoms with van der Waals surface area (Å²) in [6, 6.07) is 6.90. The molecule has 33 heavy (non-hydrogen) atoms. The van der Waals surface area contributed by atoms with Crippen molar-refractivity contribution in [2.24, 2.45) is 5.92 Å². The molecule has 3 atom stereocenters. The second kappa shape index (κ2) is 13.0. The molecule has 5 nitrogen and oxygen atoms in total. The van der Waals surface area contributed by atoms with Gasteiger partial charge in [0.05, 0.1) is 12.1 Å². The first-order valence-corrected chi connectivity index (χ1v) is 12.0. The van der Waals surface area contributed by atoms with Crippen LogP contribution in [-0.4, -0.2) is 51.6 Å². The maximum absolute atomic E-state index is 14.0. The summed E-state index contributed by atoms with van der Waals surface area (Å²) in [6.45, 7) is 2.11. The minimum atomic E-state index is -3.40. The van der Waals surface area contributed by atoms with Crippen LogP contribution in [0.1, 0.15) is 63.9 Å². The number of aliphatic hydroxyl groups excluding tert-OH is 1. The fourth-order valence-electron chi connectivity index (χ4n) is 4.10. The molecule has 0 aromatic heterocycles. The summed E-state index contributed by atoms with van der Waals surface area (Å²) < 4.78 is 28.1. The minimum Gasteiger partial charge on any atom is -0.481 e. The highest BCUT2D eigenvalue weighted by Crippen LogP contribution is 2.34. The molecule has 1 aliphatic heterocycles. The molecule has 0 unspecified atom stereocenters. The number of hydrogen-bond acceptors (Lipinski definition) is 3. The number of unbranched alkanes of at least 4 members (excludes halogenated alkanes) is 3. The van der Waals surface area contributed by atoms with Crippen LogP contribution in [0, 0.1) is 5.92 Å². The molecule has 1 saturated heterocycles. The van der Waals surface area contributed by atoms with Gasteiger partial charge in [-0.1, -0.05) is 55.7 Å². The average molecular weight is 486 g/mol. The maximum atomic E-state index is 14.0. The summed E-state index contributed by atoms with van der Waals surface area (Å²) in [5.41, 5.74) is 1.13. The van der Waals surface area contributed by atoms with Gasteiger partial charge in [-0.15, -0.1) is 0 Å². The molecule has 8 heteroatoms. The summed E-state index contributed by atoms with van der Waals surface area (Å²) in [5, 5.41) is 19.8. The molecular weight excluding hydrogens is 452 g/mol. The zero-order valence-corrected chi connectivity index (χ0v) is 19.8. The molecule has 1 heterocycles. The van der Waals surface area contributed by atoms with Gasteiger partial charge >= 0.3 is 11.9 Å². The highest BCUT2D eigenvalue weighted by atomic mass is 35.5. The van der Waals surface area contributed by atoms with E-state index in [2.05, 4.69) is 0 Å². The van der Waals surface area contributed by atoms with E-state index in [1.54, 1.807) is 0 Å². The van der Waals surface area contributed by atoms with Crippen LogP contribution in [0.2, 0.25) is 5.02 Å². The van der Waals surface area contributed by atoms with Crippen LogP contribution < -0.4 is 0 Å². The standard InChI is InChI=1S/C25H34ClF2NO4/c1-18(8-6-9-19-10-7-11-20(26)16-19)22(30)14-13-21-17-25(27,28)24(33)29(21)15-5-3-2-4-12-23(31)32/h7,10-11,13-14,16,18,21-22,30H,2-6,8-9,12,15,17H2,1H3,(H,31,32)/t18-,21-,22+/m0/s1. The van der Waals surface area contributed by atoms with E-state index >= 15 is 0 Å². The van der Waals surface area contributed by atoms with Crippen molar-refractivity contribution >= 4 is 23.5 Å². The molecule has 1 fully saturated rings. The molecule has 0 spiro atoms. The van der Waals surface area contributed by atoms with E-state index in [9.17, 15) is 23.5 Å². The first-order valence-electron chi connectivity index (χ1n) is 11.6.